The fourth-order valence-corrected chi connectivity index (χ4v) is 6.30. The van der Waals surface area contributed by atoms with Gasteiger partial charge < -0.3 is 14.6 Å². The van der Waals surface area contributed by atoms with Gasteiger partial charge in [0.2, 0.25) is 5.90 Å². The predicted octanol–water partition coefficient (Wildman–Crippen LogP) is 8.40. The number of amides is 1. The van der Waals surface area contributed by atoms with E-state index in [0.29, 0.717) is 47.1 Å². The Bertz CT molecular complexity index is 2180. The van der Waals surface area contributed by atoms with Gasteiger partial charge in [-0.1, -0.05) is 84.0 Å². The Morgan fingerprint density at radius 2 is 1.58 bits per heavy atom. The quantitative estimate of drug-likeness (QED) is 0.0246. The van der Waals surface area contributed by atoms with Gasteiger partial charge in [-0.15, -0.1) is 0 Å². The molecule has 0 unspecified atom stereocenters. The van der Waals surface area contributed by atoms with E-state index in [1.165, 1.54) is 0 Å². The number of rotatable bonds is 15. The lowest BCUT2D eigenvalue weighted by molar-refractivity contribution is -0.138. The van der Waals surface area contributed by atoms with E-state index in [1.807, 2.05) is 54.6 Å². The van der Waals surface area contributed by atoms with E-state index in [4.69, 9.17) is 25.1 Å². The zero-order chi connectivity index (χ0) is 38.8. The SMILES string of the molecule is [N-]=[N+]=NCc1ccccc1C[C@]1(C(=O)NNCc2cc(F)cc(C(F)(F)F)c2)N=C(c2ccc(OCCCO)cc2)O[C@H]1c1ccc(-c2ccccc2)cc1. The maximum Gasteiger partial charge on any atom is 0.416 e. The molecule has 0 fully saturated rings. The number of ether oxygens (including phenoxy) is 2. The third-order valence-corrected chi connectivity index (χ3v) is 9.01. The molecule has 0 saturated heterocycles. The Labute approximate surface area is 314 Å². The van der Waals surface area contributed by atoms with Crippen LogP contribution in [-0.2, 0) is 35.2 Å². The van der Waals surface area contributed by atoms with Crippen molar-refractivity contribution < 1.29 is 36.9 Å². The van der Waals surface area contributed by atoms with Crippen molar-refractivity contribution in [3.8, 4) is 16.9 Å². The van der Waals surface area contributed by atoms with Gasteiger partial charge in [0.15, 0.2) is 11.6 Å². The normalized spacial score (nSPS) is 16.5. The average molecular weight is 753 g/mol. The third-order valence-electron chi connectivity index (χ3n) is 9.01. The predicted molar refractivity (Wildman–Crippen MR) is 198 cm³/mol. The lowest BCUT2D eigenvalue weighted by Gasteiger charge is -2.31. The molecule has 10 nitrogen and oxygen atoms in total. The number of nitrogens with one attached hydrogen (secondary N) is 2. The summed E-state index contributed by atoms with van der Waals surface area (Å²) in [6, 6.07) is 33.4. The molecule has 6 rings (SSSR count). The molecule has 1 amide bonds. The fraction of sp³-hybridized carbons (Fsp3) is 0.220. The van der Waals surface area contributed by atoms with Crippen LogP contribution in [0.4, 0.5) is 17.6 Å². The number of aliphatic imine (C=N–C) groups is 1. The van der Waals surface area contributed by atoms with Crippen molar-refractivity contribution in [3.63, 3.8) is 0 Å². The van der Waals surface area contributed by atoms with Crippen molar-refractivity contribution in [2.24, 2.45) is 10.1 Å². The van der Waals surface area contributed by atoms with E-state index in [9.17, 15) is 22.4 Å². The molecule has 0 aliphatic carbocycles. The molecule has 282 valence electrons. The molecule has 5 aromatic rings. The van der Waals surface area contributed by atoms with E-state index in [2.05, 4.69) is 20.9 Å². The van der Waals surface area contributed by atoms with E-state index in [-0.39, 0.29) is 37.6 Å². The summed E-state index contributed by atoms with van der Waals surface area (Å²) in [5.41, 5.74) is 15.7. The Kier molecular flexibility index (Phi) is 12.1. The van der Waals surface area contributed by atoms with Crippen molar-refractivity contribution in [1.29, 1.82) is 0 Å². The van der Waals surface area contributed by atoms with E-state index < -0.39 is 35.1 Å². The van der Waals surface area contributed by atoms with Gasteiger partial charge in [0.05, 0.1) is 18.7 Å². The Hall–Kier alpha value is -6.21. The minimum Gasteiger partial charge on any atom is -0.494 e. The first-order valence-corrected chi connectivity index (χ1v) is 17.3. The Morgan fingerprint density at radius 1 is 0.909 bits per heavy atom. The van der Waals surface area contributed by atoms with Gasteiger partial charge in [0, 0.05) is 36.5 Å². The monoisotopic (exact) mass is 752 g/mol. The number of hydrogen-bond acceptors (Lipinski definition) is 7. The van der Waals surface area contributed by atoms with Crippen molar-refractivity contribution in [2.75, 3.05) is 13.2 Å². The summed E-state index contributed by atoms with van der Waals surface area (Å²) in [6.45, 7) is -0.0532. The highest BCUT2D eigenvalue weighted by Gasteiger charge is 2.53. The fourth-order valence-electron chi connectivity index (χ4n) is 6.30. The smallest absolute Gasteiger partial charge is 0.416 e. The molecule has 2 atom stereocenters. The molecule has 14 heteroatoms. The first kappa shape index (κ1) is 38.5. The largest absolute Gasteiger partial charge is 0.494 e. The number of carbonyl (C=O) groups is 1. The van der Waals surface area contributed by atoms with Crippen LogP contribution in [0.15, 0.2) is 131 Å². The lowest BCUT2D eigenvalue weighted by Crippen LogP contribution is -2.53. The van der Waals surface area contributed by atoms with E-state index in [0.717, 1.165) is 23.3 Å². The highest BCUT2D eigenvalue weighted by Crippen LogP contribution is 2.43. The second-order valence-electron chi connectivity index (χ2n) is 12.8. The van der Waals surface area contributed by atoms with Gasteiger partial charge in [-0.05, 0) is 81.4 Å². The number of alkyl halides is 3. The van der Waals surface area contributed by atoms with Crippen molar-refractivity contribution in [3.05, 3.63) is 171 Å². The molecule has 0 bridgehead atoms. The summed E-state index contributed by atoms with van der Waals surface area (Å²) in [4.78, 5) is 22.6. The summed E-state index contributed by atoms with van der Waals surface area (Å²) in [5, 5.41) is 12.9. The van der Waals surface area contributed by atoms with Gasteiger partial charge in [0.25, 0.3) is 5.91 Å². The summed E-state index contributed by atoms with van der Waals surface area (Å²) < 4.78 is 66.8. The van der Waals surface area contributed by atoms with E-state index >= 15 is 0 Å². The van der Waals surface area contributed by atoms with Crippen LogP contribution in [0.1, 0.15) is 45.9 Å². The standard InChI is InChI=1S/C41H36F4N6O4/c42-35-22-27(21-34(23-35)41(43,44)45)25-47-50-39(53)40(24-32-9-4-5-10-33(32)26-48-51-46)37(30-13-11-29(12-14-30)28-7-2-1-3-8-28)55-38(49-40)31-15-17-36(18-16-31)54-20-6-19-52/h1-5,7-18,21-23,37,47,52H,6,19-20,24-26H2,(H,50,53)/t37-,40-/m0/s1. The van der Waals surface area contributed by atoms with Crippen molar-refractivity contribution >= 4 is 11.8 Å². The first-order chi connectivity index (χ1) is 26.6. The summed E-state index contributed by atoms with van der Waals surface area (Å²) in [7, 11) is 0. The summed E-state index contributed by atoms with van der Waals surface area (Å²) >= 11 is 0. The summed E-state index contributed by atoms with van der Waals surface area (Å²) in [5.74, 6) is -1.07. The number of azide groups is 1. The van der Waals surface area contributed by atoms with Gasteiger partial charge in [-0.3, -0.25) is 10.2 Å². The van der Waals surface area contributed by atoms with Gasteiger partial charge in [-0.2, -0.15) is 13.2 Å². The highest BCUT2D eigenvalue weighted by atomic mass is 19.4. The maximum absolute atomic E-state index is 14.7. The van der Waals surface area contributed by atoms with Crippen LogP contribution in [0.3, 0.4) is 0 Å². The molecular weight excluding hydrogens is 716 g/mol. The molecule has 0 aromatic heterocycles. The average Bonchev–Trinajstić information content (AvgIpc) is 3.58. The van der Waals surface area contributed by atoms with E-state index in [1.54, 1.807) is 48.5 Å². The van der Waals surface area contributed by atoms with Crippen LogP contribution in [0.2, 0.25) is 0 Å². The number of carbonyl (C=O) groups excluding carboxylic acids is 1. The topological polar surface area (TPSA) is 141 Å². The molecule has 1 heterocycles. The minimum atomic E-state index is -4.77. The molecule has 55 heavy (non-hydrogen) atoms. The lowest BCUT2D eigenvalue weighted by atomic mass is 9.80. The number of benzene rings is 5. The number of nitrogens with zero attached hydrogens (tertiary/aromatic N) is 4. The van der Waals surface area contributed by atoms with Gasteiger partial charge >= 0.3 is 6.18 Å². The highest BCUT2D eigenvalue weighted by molar-refractivity contribution is 6.01. The van der Waals surface area contributed by atoms with Crippen LogP contribution < -0.4 is 15.6 Å². The van der Waals surface area contributed by atoms with Gasteiger partial charge in [0.1, 0.15) is 11.6 Å². The van der Waals surface area contributed by atoms with Crippen molar-refractivity contribution in [2.45, 2.75) is 43.8 Å². The second-order valence-corrected chi connectivity index (χ2v) is 12.8. The third kappa shape index (κ3) is 9.30. The van der Waals surface area contributed by atoms with Crippen LogP contribution in [-0.4, -0.2) is 35.7 Å². The van der Waals surface area contributed by atoms with Gasteiger partial charge in [-0.25, -0.2) is 14.8 Å². The number of hydrogen-bond donors (Lipinski definition) is 3. The zero-order valence-corrected chi connectivity index (χ0v) is 29.3. The number of hydrazine groups is 1. The summed E-state index contributed by atoms with van der Waals surface area (Å²) in [6.07, 6.45) is -5.40. The second kappa shape index (κ2) is 17.3. The van der Waals surface area contributed by atoms with Crippen molar-refractivity contribution in [1.82, 2.24) is 10.9 Å². The molecule has 0 radical (unpaired) electrons. The molecular formula is C41H36F4N6O4. The number of aliphatic hydroxyl groups excluding tert-OH is 1. The van der Waals surface area contributed by atoms with Crippen LogP contribution in [0.5, 0.6) is 5.75 Å². The maximum atomic E-state index is 14.7. The Morgan fingerprint density at radius 3 is 2.27 bits per heavy atom. The first-order valence-electron chi connectivity index (χ1n) is 17.3. The van der Waals surface area contributed by atoms with Crippen LogP contribution in [0.25, 0.3) is 21.6 Å². The minimum absolute atomic E-state index is 0.00462. The molecule has 0 spiro atoms. The number of halogens is 4. The molecule has 0 saturated carbocycles. The van der Waals surface area contributed by atoms with Crippen LogP contribution >= 0.6 is 0 Å². The molecule has 3 N–H and O–H groups in total. The molecule has 1 aliphatic heterocycles. The number of aliphatic hydroxyl groups is 1. The molecule has 1 aliphatic rings. The van der Waals surface area contributed by atoms with Crippen LogP contribution in [0, 0.1) is 5.82 Å². The zero-order valence-electron chi connectivity index (χ0n) is 29.3. The molecule has 5 aromatic carbocycles. The Balaban J connectivity index is 1.41.